The van der Waals surface area contributed by atoms with Gasteiger partial charge in [-0.3, -0.25) is 4.90 Å². The Balaban J connectivity index is 1.83. The Hall–Kier alpha value is -1.00. The molecule has 100 valence electrons. The highest BCUT2D eigenvalue weighted by Gasteiger charge is 2.22. The number of halogens is 2. The number of likely N-dealkylation sites (tertiary alicyclic amines) is 1. The average Bonchev–Trinajstić information content (AvgIpc) is 2.82. The summed E-state index contributed by atoms with van der Waals surface area (Å²) in [6.45, 7) is 5.59. The van der Waals surface area contributed by atoms with Crippen LogP contribution in [-0.4, -0.2) is 30.6 Å². The van der Waals surface area contributed by atoms with Crippen molar-refractivity contribution in [1.29, 1.82) is 0 Å². The first-order valence-electron chi connectivity index (χ1n) is 6.60. The molecule has 1 heterocycles. The van der Waals surface area contributed by atoms with Crippen LogP contribution >= 0.6 is 0 Å². The van der Waals surface area contributed by atoms with Crippen molar-refractivity contribution in [1.82, 2.24) is 10.2 Å². The molecule has 1 atom stereocenters. The van der Waals surface area contributed by atoms with Crippen LogP contribution in [0.4, 0.5) is 8.78 Å². The zero-order chi connectivity index (χ0) is 13.0. The molecule has 1 aliphatic rings. The Morgan fingerprint density at radius 2 is 2.22 bits per heavy atom. The maximum absolute atomic E-state index is 13.4. The summed E-state index contributed by atoms with van der Waals surface area (Å²) in [5.41, 5.74) is 0.399. The second-order valence-corrected chi connectivity index (χ2v) is 4.77. The lowest BCUT2D eigenvalue weighted by Gasteiger charge is -2.23. The minimum Gasteiger partial charge on any atom is -0.311 e. The number of nitrogens with one attached hydrogen (secondary N) is 1. The van der Waals surface area contributed by atoms with Crippen LogP contribution in [0.5, 0.6) is 0 Å². The summed E-state index contributed by atoms with van der Waals surface area (Å²) in [5, 5.41) is 3.23. The highest BCUT2D eigenvalue weighted by Crippen LogP contribution is 2.16. The van der Waals surface area contributed by atoms with E-state index >= 15 is 0 Å². The molecule has 1 N–H and O–H groups in total. The van der Waals surface area contributed by atoms with Gasteiger partial charge in [-0.25, -0.2) is 8.78 Å². The fourth-order valence-electron chi connectivity index (χ4n) is 2.60. The van der Waals surface area contributed by atoms with E-state index in [0.717, 1.165) is 25.7 Å². The molecule has 0 spiro atoms. The predicted octanol–water partition coefficient (Wildman–Crippen LogP) is 2.54. The van der Waals surface area contributed by atoms with Gasteiger partial charge in [0, 0.05) is 24.7 Å². The van der Waals surface area contributed by atoms with Crippen molar-refractivity contribution in [2.75, 3.05) is 19.6 Å². The van der Waals surface area contributed by atoms with E-state index in [1.165, 1.54) is 12.8 Å². The molecular formula is C14H20F2N2. The molecule has 0 aliphatic carbocycles. The van der Waals surface area contributed by atoms with E-state index in [0.29, 0.717) is 18.2 Å². The predicted molar refractivity (Wildman–Crippen MR) is 68.3 cm³/mol. The summed E-state index contributed by atoms with van der Waals surface area (Å²) in [6.07, 6.45) is 2.42. The monoisotopic (exact) mass is 254 g/mol. The Bertz CT molecular complexity index is 395. The summed E-state index contributed by atoms with van der Waals surface area (Å²) >= 11 is 0. The Morgan fingerprint density at radius 3 is 3.00 bits per heavy atom. The normalized spacial score (nSPS) is 20.5. The van der Waals surface area contributed by atoms with Crippen LogP contribution in [0.25, 0.3) is 0 Å². The van der Waals surface area contributed by atoms with E-state index in [9.17, 15) is 8.78 Å². The second kappa shape index (κ2) is 6.25. The van der Waals surface area contributed by atoms with Crippen molar-refractivity contribution in [3.05, 3.63) is 35.4 Å². The van der Waals surface area contributed by atoms with E-state index in [2.05, 4.69) is 17.1 Å². The minimum atomic E-state index is -0.773. The molecule has 1 unspecified atom stereocenters. The topological polar surface area (TPSA) is 15.3 Å². The highest BCUT2D eigenvalue weighted by atomic mass is 19.2. The zero-order valence-corrected chi connectivity index (χ0v) is 10.8. The molecule has 0 aromatic heterocycles. The smallest absolute Gasteiger partial charge is 0.163 e. The third-order valence-electron chi connectivity index (χ3n) is 3.63. The van der Waals surface area contributed by atoms with Crippen molar-refractivity contribution >= 4 is 0 Å². The van der Waals surface area contributed by atoms with Gasteiger partial charge in [0.2, 0.25) is 0 Å². The molecule has 2 rings (SSSR count). The van der Waals surface area contributed by atoms with Gasteiger partial charge in [-0.05, 0) is 32.0 Å². The van der Waals surface area contributed by atoms with Crippen LogP contribution in [0, 0.1) is 11.6 Å². The maximum Gasteiger partial charge on any atom is 0.163 e. The van der Waals surface area contributed by atoms with Crippen LogP contribution in [0.3, 0.4) is 0 Å². The lowest BCUT2D eigenvalue weighted by atomic mass is 10.2. The van der Waals surface area contributed by atoms with Crippen molar-refractivity contribution in [2.24, 2.45) is 0 Å². The van der Waals surface area contributed by atoms with Crippen LogP contribution in [0.1, 0.15) is 25.3 Å². The molecule has 1 saturated heterocycles. The van der Waals surface area contributed by atoms with Gasteiger partial charge in [0.1, 0.15) is 0 Å². The molecule has 4 heteroatoms. The minimum absolute atomic E-state index is 0.387. The summed E-state index contributed by atoms with van der Waals surface area (Å²) in [6, 6.07) is 4.85. The molecule has 1 fully saturated rings. The van der Waals surface area contributed by atoms with Gasteiger partial charge < -0.3 is 5.32 Å². The van der Waals surface area contributed by atoms with Crippen LogP contribution in [-0.2, 0) is 6.54 Å². The summed E-state index contributed by atoms with van der Waals surface area (Å²) < 4.78 is 26.4. The maximum atomic E-state index is 13.4. The number of likely N-dealkylation sites (N-methyl/N-ethyl adjacent to an activating group) is 1. The second-order valence-electron chi connectivity index (χ2n) is 4.77. The third kappa shape index (κ3) is 3.06. The zero-order valence-electron chi connectivity index (χ0n) is 10.8. The van der Waals surface area contributed by atoms with E-state index in [1.807, 2.05) is 0 Å². The lowest BCUT2D eigenvalue weighted by molar-refractivity contribution is 0.259. The summed E-state index contributed by atoms with van der Waals surface area (Å²) in [5.74, 6) is -1.51. The van der Waals surface area contributed by atoms with Gasteiger partial charge in [0.15, 0.2) is 11.6 Å². The van der Waals surface area contributed by atoms with E-state index < -0.39 is 11.6 Å². The molecule has 0 amide bonds. The van der Waals surface area contributed by atoms with Crippen molar-refractivity contribution in [3.8, 4) is 0 Å². The van der Waals surface area contributed by atoms with E-state index in [-0.39, 0.29) is 0 Å². The lowest BCUT2D eigenvalue weighted by Crippen LogP contribution is -2.37. The number of hydrogen-bond donors (Lipinski definition) is 1. The van der Waals surface area contributed by atoms with E-state index in [4.69, 9.17) is 0 Å². The average molecular weight is 254 g/mol. The Morgan fingerprint density at radius 1 is 1.39 bits per heavy atom. The van der Waals surface area contributed by atoms with Crippen molar-refractivity contribution < 1.29 is 8.78 Å². The van der Waals surface area contributed by atoms with Crippen LogP contribution < -0.4 is 5.32 Å². The summed E-state index contributed by atoms with van der Waals surface area (Å²) in [4.78, 5) is 2.43. The fourth-order valence-corrected chi connectivity index (χ4v) is 2.60. The fraction of sp³-hybridized carbons (Fsp3) is 0.571. The number of hydrogen-bond acceptors (Lipinski definition) is 2. The van der Waals surface area contributed by atoms with Crippen molar-refractivity contribution in [3.63, 3.8) is 0 Å². The molecule has 1 aromatic carbocycles. The van der Waals surface area contributed by atoms with Crippen LogP contribution in [0.15, 0.2) is 18.2 Å². The first-order valence-corrected chi connectivity index (χ1v) is 6.60. The standard InChI is InChI=1S/C14H20F2N2/c1-2-18-8-4-6-12(18)10-17-9-11-5-3-7-13(15)14(11)16/h3,5,7,12,17H,2,4,6,8-10H2,1H3. The molecule has 1 aromatic rings. The molecule has 0 bridgehead atoms. The van der Waals surface area contributed by atoms with Gasteiger partial charge in [0.05, 0.1) is 0 Å². The third-order valence-corrected chi connectivity index (χ3v) is 3.63. The number of rotatable bonds is 5. The first-order chi connectivity index (χ1) is 8.72. The molecule has 18 heavy (non-hydrogen) atoms. The first kappa shape index (κ1) is 13.4. The highest BCUT2D eigenvalue weighted by molar-refractivity contribution is 5.18. The van der Waals surface area contributed by atoms with Gasteiger partial charge in [-0.15, -0.1) is 0 Å². The Kier molecular flexibility index (Phi) is 4.66. The molecule has 2 nitrogen and oxygen atoms in total. The SMILES string of the molecule is CCN1CCCC1CNCc1cccc(F)c1F. The van der Waals surface area contributed by atoms with Crippen molar-refractivity contribution in [2.45, 2.75) is 32.4 Å². The Labute approximate surface area is 107 Å². The number of benzene rings is 1. The molecule has 0 radical (unpaired) electrons. The number of nitrogens with zero attached hydrogens (tertiary/aromatic N) is 1. The molecule has 1 aliphatic heterocycles. The molecular weight excluding hydrogens is 234 g/mol. The summed E-state index contributed by atoms with van der Waals surface area (Å²) in [7, 11) is 0. The van der Waals surface area contributed by atoms with E-state index in [1.54, 1.807) is 12.1 Å². The van der Waals surface area contributed by atoms with Gasteiger partial charge in [-0.1, -0.05) is 19.1 Å². The largest absolute Gasteiger partial charge is 0.311 e. The van der Waals surface area contributed by atoms with Gasteiger partial charge in [-0.2, -0.15) is 0 Å². The quantitative estimate of drug-likeness (QED) is 0.868. The van der Waals surface area contributed by atoms with Gasteiger partial charge >= 0.3 is 0 Å². The van der Waals surface area contributed by atoms with Crippen LogP contribution in [0.2, 0.25) is 0 Å². The molecule has 0 saturated carbocycles. The van der Waals surface area contributed by atoms with Gasteiger partial charge in [0.25, 0.3) is 0 Å².